The molecule has 2 aromatic rings. The number of aliphatic carboxylic acids is 1. The lowest BCUT2D eigenvalue weighted by atomic mass is 9.96. The van der Waals surface area contributed by atoms with Gasteiger partial charge in [-0.25, -0.2) is 4.98 Å². The molecular weight excluding hydrogens is 274 g/mol. The van der Waals surface area contributed by atoms with Crippen LogP contribution in [-0.4, -0.2) is 23.2 Å². The molecule has 0 saturated carbocycles. The number of aryl methyl sites for hydroxylation is 1. The Labute approximate surface area is 122 Å². The lowest BCUT2D eigenvalue weighted by molar-refractivity contribution is -0.141. The van der Waals surface area contributed by atoms with Gasteiger partial charge >= 0.3 is 5.97 Å². The summed E-state index contributed by atoms with van der Waals surface area (Å²) in [5.74, 6) is -0.471. The highest BCUT2D eigenvalue weighted by molar-refractivity contribution is 7.11. The molecular formula is C15H17NO3S. The van der Waals surface area contributed by atoms with E-state index in [1.165, 1.54) is 0 Å². The molecule has 1 atom stereocenters. The Bertz CT molecular complexity index is 594. The van der Waals surface area contributed by atoms with Crippen molar-refractivity contribution in [2.24, 2.45) is 5.92 Å². The van der Waals surface area contributed by atoms with Crippen LogP contribution in [0.4, 0.5) is 0 Å². The smallest absolute Gasteiger partial charge is 0.307 e. The van der Waals surface area contributed by atoms with Gasteiger partial charge in [0, 0.05) is 11.1 Å². The highest BCUT2D eigenvalue weighted by atomic mass is 32.1. The number of benzene rings is 1. The number of aromatic nitrogens is 1. The molecule has 1 unspecified atom stereocenters. The predicted octanol–water partition coefficient (Wildman–Crippen LogP) is 2.95. The first-order valence-electron chi connectivity index (χ1n) is 6.35. The van der Waals surface area contributed by atoms with E-state index in [1.54, 1.807) is 24.6 Å². The molecule has 1 heterocycles. The zero-order chi connectivity index (χ0) is 14.5. The van der Waals surface area contributed by atoms with E-state index in [0.29, 0.717) is 12.8 Å². The van der Waals surface area contributed by atoms with Crippen molar-refractivity contribution >= 4 is 17.3 Å². The number of carboxylic acid groups (broad SMARTS) is 1. The minimum absolute atomic E-state index is 0.443. The maximum atomic E-state index is 11.4. The van der Waals surface area contributed by atoms with Gasteiger partial charge in [-0.15, -0.1) is 11.3 Å². The summed E-state index contributed by atoms with van der Waals surface area (Å²) in [5.41, 5.74) is 0.970. The summed E-state index contributed by atoms with van der Waals surface area (Å²) in [6.45, 7) is 1.92. The molecule has 1 N–H and O–H groups in total. The van der Waals surface area contributed by atoms with Crippen LogP contribution >= 0.6 is 11.3 Å². The number of rotatable bonds is 6. The fraction of sp³-hybridized carbons (Fsp3) is 0.333. The minimum atomic E-state index is -0.779. The van der Waals surface area contributed by atoms with Crippen molar-refractivity contribution < 1.29 is 14.6 Å². The van der Waals surface area contributed by atoms with Crippen LogP contribution in [0.15, 0.2) is 30.5 Å². The molecule has 0 bridgehead atoms. The summed E-state index contributed by atoms with van der Waals surface area (Å²) >= 11 is 1.55. The van der Waals surface area contributed by atoms with Crippen LogP contribution in [0, 0.1) is 12.8 Å². The van der Waals surface area contributed by atoms with E-state index in [4.69, 9.17) is 4.74 Å². The van der Waals surface area contributed by atoms with E-state index < -0.39 is 11.9 Å². The third-order valence-corrected chi connectivity index (χ3v) is 4.02. The molecule has 5 heteroatoms. The van der Waals surface area contributed by atoms with Crippen molar-refractivity contribution in [2.45, 2.75) is 19.8 Å². The van der Waals surface area contributed by atoms with E-state index in [1.807, 2.05) is 31.2 Å². The van der Waals surface area contributed by atoms with Crippen LogP contribution < -0.4 is 4.74 Å². The summed E-state index contributed by atoms with van der Waals surface area (Å²) in [5, 5.41) is 10.3. The molecule has 4 nitrogen and oxygen atoms in total. The van der Waals surface area contributed by atoms with Gasteiger partial charge in [0.1, 0.15) is 5.75 Å². The number of hydrogen-bond donors (Lipinski definition) is 1. The molecule has 1 aromatic heterocycles. The van der Waals surface area contributed by atoms with Gasteiger partial charge in [0.05, 0.1) is 18.0 Å². The first-order valence-corrected chi connectivity index (χ1v) is 7.17. The molecule has 0 aliphatic carbocycles. The highest BCUT2D eigenvalue weighted by Gasteiger charge is 2.20. The number of carboxylic acids is 1. The molecule has 1 aromatic carbocycles. The van der Waals surface area contributed by atoms with E-state index in [9.17, 15) is 9.90 Å². The largest absolute Gasteiger partial charge is 0.497 e. The van der Waals surface area contributed by atoms with Crippen molar-refractivity contribution in [3.63, 3.8) is 0 Å². The Kier molecular flexibility index (Phi) is 4.74. The van der Waals surface area contributed by atoms with Crippen molar-refractivity contribution in [3.8, 4) is 5.75 Å². The Balaban J connectivity index is 2.10. The monoisotopic (exact) mass is 291 g/mol. The number of ether oxygens (including phenoxy) is 1. The second-order valence-electron chi connectivity index (χ2n) is 4.64. The van der Waals surface area contributed by atoms with Crippen LogP contribution in [-0.2, 0) is 17.6 Å². The van der Waals surface area contributed by atoms with Crippen molar-refractivity contribution in [1.82, 2.24) is 4.98 Å². The van der Waals surface area contributed by atoms with Crippen molar-refractivity contribution in [2.75, 3.05) is 7.11 Å². The zero-order valence-electron chi connectivity index (χ0n) is 11.5. The standard InChI is InChI=1S/C15H17NO3S/c1-10-16-9-14(20-10)8-12(15(17)18)6-11-4-3-5-13(7-11)19-2/h3-5,7,9,12H,6,8H2,1-2H3,(H,17,18). The fourth-order valence-corrected chi connectivity index (χ4v) is 2.95. The number of methoxy groups -OCH3 is 1. The third-order valence-electron chi connectivity index (χ3n) is 3.08. The van der Waals surface area contributed by atoms with Gasteiger partial charge in [0.15, 0.2) is 0 Å². The number of carbonyl (C=O) groups is 1. The molecule has 0 aliphatic heterocycles. The topological polar surface area (TPSA) is 59.4 Å². The normalized spacial score (nSPS) is 12.1. The van der Waals surface area contributed by atoms with E-state index in [2.05, 4.69) is 4.98 Å². The quantitative estimate of drug-likeness (QED) is 0.889. The molecule has 0 fully saturated rings. The summed E-state index contributed by atoms with van der Waals surface area (Å²) in [7, 11) is 1.61. The van der Waals surface area contributed by atoms with Gasteiger partial charge < -0.3 is 9.84 Å². The summed E-state index contributed by atoms with van der Waals surface area (Å²) in [4.78, 5) is 16.6. The lowest BCUT2D eigenvalue weighted by Crippen LogP contribution is -2.18. The molecule has 106 valence electrons. The Morgan fingerprint density at radius 1 is 1.45 bits per heavy atom. The molecule has 0 saturated heterocycles. The van der Waals surface area contributed by atoms with E-state index in [0.717, 1.165) is 21.2 Å². The zero-order valence-corrected chi connectivity index (χ0v) is 12.3. The van der Waals surface area contributed by atoms with E-state index >= 15 is 0 Å². The van der Waals surface area contributed by atoms with E-state index in [-0.39, 0.29) is 0 Å². The van der Waals surface area contributed by atoms with Crippen molar-refractivity contribution in [1.29, 1.82) is 0 Å². The second-order valence-corrected chi connectivity index (χ2v) is 5.96. The third kappa shape index (κ3) is 3.81. The van der Waals surface area contributed by atoms with Crippen LogP contribution in [0.25, 0.3) is 0 Å². The van der Waals surface area contributed by atoms with Gasteiger partial charge in [-0.05, 0) is 37.5 Å². The Morgan fingerprint density at radius 3 is 2.85 bits per heavy atom. The van der Waals surface area contributed by atoms with Gasteiger partial charge in [-0.1, -0.05) is 12.1 Å². The predicted molar refractivity (Wildman–Crippen MR) is 78.4 cm³/mol. The first-order chi connectivity index (χ1) is 9.58. The van der Waals surface area contributed by atoms with Crippen LogP contribution in [0.5, 0.6) is 5.75 Å². The average molecular weight is 291 g/mol. The Morgan fingerprint density at radius 2 is 2.25 bits per heavy atom. The van der Waals surface area contributed by atoms with Crippen LogP contribution in [0.2, 0.25) is 0 Å². The molecule has 20 heavy (non-hydrogen) atoms. The lowest BCUT2D eigenvalue weighted by Gasteiger charge is -2.12. The van der Waals surface area contributed by atoms with Crippen LogP contribution in [0.3, 0.4) is 0 Å². The number of nitrogens with zero attached hydrogens (tertiary/aromatic N) is 1. The van der Waals surface area contributed by atoms with Gasteiger partial charge in [0.25, 0.3) is 0 Å². The van der Waals surface area contributed by atoms with Gasteiger partial charge in [-0.2, -0.15) is 0 Å². The van der Waals surface area contributed by atoms with Gasteiger partial charge in [-0.3, -0.25) is 4.79 Å². The van der Waals surface area contributed by atoms with Crippen molar-refractivity contribution in [3.05, 3.63) is 45.9 Å². The molecule has 0 radical (unpaired) electrons. The average Bonchev–Trinajstić information content (AvgIpc) is 2.83. The maximum absolute atomic E-state index is 11.4. The summed E-state index contributed by atoms with van der Waals surface area (Å²) < 4.78 is 5.16. The number of hydrogen-bond acceptors (Lipinski definition) is 4. The SMILES string of the molecule is COc1cccc(CC(Cc2cnc(C)s2)C(=O)O)c1. The van der Waals surface area contributed by atoms with Gasteiger partial charge in [0.2, 0.25) is 0 Å². The van der Waals surface area contributed by atoms with Crippen LogP contribution in [0.1, 0.15) is 15.4 Å². The Hall–Kier alpha value is -1.88. The molecule has 0 amide bonds. The molecule has 2 rings (SSSR count). The fourth-order valence-electron chi connectivity index (χ4n) is 2.07. The molecule has 0 spiro atoms. The summed E-state index contributed by atoms with van der Waals surface area (Å²) in [6, 6.07) is 7.54. The maximum Gasteiger partial charge on any atom is 0.307 e. The molecule has 0 aliphatic rings. The summed E-state index contributed by atoms with van der Waals surface area (Å²) in [6.07, 6.45) is 2.77. The first kappa shape index (κ1) is 14.5. The number of thiazole rings is 1. The highest BCUT2D eigenvalue weighted by Crippen LogP contribution is 2.21. The minimum Gasteiger partial charge on any atom is -0.497 e. The second kappa shape index (κ2) is 6.52.